The van der Waals surface area contributed by atoms with E-state index in [-0.39, 0.29) is 5.69 Å². The average Bonchev–Trinajstić information content (AvgIpc) is 2.54. The third kappa shape index (κ3) is 4.68. The molecule has 2 aromatic carbocycles. The first-order valence-electron chi connectivity index (χ1n) is 7.16. The topological polar surface area (TPSA) is 81.5 Å². The number of nitrogens with zero attached hydrogens (tertiary/aromatic N) is 1. The second-order valence-electron chi connectivity index (χ2n) is 5.20. The van der Waals surface area contributed by atoms with E-state index in [1.165, 1.54) is 13.0 Å². The van der Waals surface area contributed by atoms with Gasteiger partial charge in [0.2, 0.25) is 5.75 Å². The van der Waals surface area contributed by atoms with Gasteiger partial charge in [0.15, 0.2) is 6.10 Å². The summed E-state index contributed by atoms with van der Waals surface area (Å²) in [5, 5.41) is 13.1. The fourth-order valence-corrected chi connectivity index (χ4v) is 1.99. The summed E-state index contributed by atoms with van der Waals surface area (Å²) in [4.78, 5) is 22.2. The molecule has 138 valence electrons. The van der Waals surface area contributed by atoms with Gasteiger partial charge in [-0.1, -0.05) is 6.07 Å². The Morgan fingerprint density at radius 2 is 1.92 bits per heavy atom. The zero-order valence-electron chi connectivity index (χ0n) is 13.2. The number of amides is 1. The van der Waals surface area contributed by atoms with Crippen LogP contribution >= 0.6 is 0 Å². The van der Waals surface area contributed by atoms with E-state index in [2.05, 4.69) is 5.32 Å². The summed E-state index contributed by atoms with van der Waals surface area (Å²) in [5.74, 6) is -2.14. The van der Waals surface area contributed by atoms with Crippen LogP contribution < -0.4 is 10.1 Å². The number of anilines is 1. The molecule has 0 heterocycles. The standard InChI is InChI=1S/C16H12F4N2O4/c1-9(26-14-8-11(17)5-6-13(14)22(24)25)15(23)21-12-4-2-3-10(7-12)16(18,19)20/h2-9H,1H3,(H,21,23)/t9-/m1/s1. The number of benzene rings is 2. The lowest BCUT2D eigenvalue weighted by Crippen LogP contribution is -2.30. The third-order valence-electron chi connectivity index (χ3n) is 3.25. The van der Waals surface area contributed by atoms with E-state index in [1.807, 2.05) is 0 Å². The quantitative estimate of drug-likeness (QED) is 0.485. The molecule has 0 fully saturated rings. The highest BCUT2D eigenvalue weighted by Crippen LogP contribution is 2.31. The molecule has 1 amide bonds. The van der Waals surface area contributed by atoms with Gasteiger partial charge in [-0.2, -0.15) is 13.2 Å². The molecule has 0 saturated heterocycles. The van der Waals surface area contributed by atoms with Gasteiger partial charge in [0.05, 0.1) is 10.5 Å². The molecular weight excluding hydrogens is 360 g/mol. The summed E-state index contributed by atoms with van der Waals surface area (Å²) in [6, 6.07) is 6.40. The Balaban J connectivity index is 2.14. The molecule has 0 aliphatic rings. The van der Waals surface area contributed by atoms with E-state index in [0.717, 1.165) is 36.4 Å². The minimum absolute atomic E-state index is 0.131. The van der Waals surface area contributed by atoms with Crippen molar-refractivity contribution >= 4 is 17.3 Å². The number of alkyl halides is 3. The van der Waals surface area contributed by atoms with Gasteiger partial charge in [0.1, 0.15) is 5.82 Å². The number of carbonyl (C=O) groups is 1. The van der Waals surface area contributed by atoms with Crippen LogP contribution in [0.5, 0.6) is 5.75 Å². The smallest absolute Gasteiger partial charge is 0.416 e. The highest BCUT2D eigenvalue weighted by Gasteiger charge is 2.30. The van der Waals surface area contributed by atoms with Gasteiger partial charge in [-0.15, -0.1) is 0 Å². The van der Waals surface area contributed by atoms with Crippen LogP contribution in [0, 0.1) is 15.9 Å². The van der Waals surface area contributed by atoms with Crippen molar-refractivity contribution in [1.82, 2.24) is 0 Å². The van der Waals surface area contributed by atoms with Crippen LogP contribution in [0.15, 0.2) is 42.5 Å². The van der Waals surface area contributed by atoms with Crippen molar-refractivity contribution in [2.45, 2.75) is 19.2 Å². The van der Waals surface area contributed by atoms with Gasteiger partial charge in [-0.25, -0.2) is 4.39 Å². The summed E-state index contributed by atoms with van der Waals surface area (Å²) in [6.45, 7) is 1.22. The number of nitro benzene ring substituents is 1. The van der Waals surface area contributed by atoms with Gasteiger partial charge < -0.3 is 10.1 Å². The van der Waals surface area contributed by atoms with Crippen molar-refractivity contribution in [1.29, 1.82) is 0 Å². The highest BCUT2D eigenvalue weighted by molar-refractivity contribution is 5.94. The van der Waals surface area contributed by atoms with Crippen molar-refractivity contribution in [3.05, 3.63) is 64.0 Å². The largest absolute Gasteiger partial charge is 0.474 e. The molecule has 0 saturated carbocycles. The van der Waals surface area contributed by atoms with Crippen molar-refractivity contribution < 1.29 is 32.0 Å². The first kappa shape index (κ1) is 19.2. The summed E-state index contributed by atoms with van der Waals surface area (Å²) >= 11 is 0. The van der Waals surface area contributed by atoms with Crippen LogP contribution in [0.2, 0.25) is 0 Å². The van der Waals surface area contributed by atoms with Crippen LogP contribution in [0.4, 0.5) is 28.9 Å². The lowest BCUT2D eigenvalue weighted by Gasteiger charge is -2.15. The number of hydrogen-bond acceptors (Lipinski definition) is 4. The second-order valence-corrected chi connectivity index (χ2v) is 5.20. The molecule has 0 aliphatic carbocycles. The minimum Gasteiger partial charge on any atom is -0.474 e. The van der Waals surface area contributed by atoms with Crippen LogP contribution in [0.25, 0.3) is 0 Å². The summed E-state index contributed by atoms with van der Waals surface area (Å²) in [6.07, 6.45) is -5.91. The molecule has 1 atom stereocenters. The number of nitrogens with one attached hydrogen (secondary N) is 1. The lowest BCUT2D eigenvalue weighted by molar-refractivity contribution is -0.386. The maximum absolute atomic E-state index is 13.3. The van der Waals surface area contributed by atoms with Crippen molar-refractivity contribution in [3.63, 3.8) is 0 Å². The maximum Gasteiger partial charge on any atom is 0.416 e. The minimum atomic E-state index is -4.58. The molecule has 6 nitrogen and oxygen atoms in total. The van der Waals surface area contributed by atoms with E-state index < -0.39 is 45.9 Å². The molecule has 0 radical (unpaired) electrons. The molecule has 2 rings (SSSR count). The number of rotatable bonds is 5. The third-order valence-corrected chi connectivity index (χ3v) is 3.25. The molecule has 0 aromatic heterocycles. The van der Waals surface area contributed by atoms with E-state index in [9.17, 15) is 32.5 Å². The first-order chi connectivity index (χ1) is 12.1. The van der Waals surface area contributed by atoms with E-state index >= 15 is 0 Å². The second kappa shape index (κ2) is 7.38. The zero-order valence-corrected chi connectivity index (χ0v) is 13.2. The monoisotopic (exact) mass is 372 g/mol. The fourth-order valence-electron chi connectivity index (χ4n) is 1.99. The molecule has 2 aromatic rings. The first-order valence-corrected chi connectivity index (χ1v) is 7.16. The number of ether oxygens (including phenoxy) is 1. The van der Waals surface area contributed by atoms with Crippen molar-refractivity contribution in [3.8, 4) is 5.75 Å². The van der Waals surface area contributed by atoms with Gasteiger partial charge in [0.25, 0.3) is 5.91 Å². The van der Waals surface area contributed by atoms with Crippen molar-refractivity contribution in [2.75, 3.05) is 5.32 Å². The van der Waals surface area contributed by atoms with Crippen LogP contribution in [0.1, 0.15) is 12.5 Å². The van der Waals surface area contributed by atoms with Gasteiger partial charge >= 0.3 is 11.9 Å². The molecule has 0 bridgehead atoms. The SMILES string of the molecule is C[C@@H](Oc1cc(F)ccc1[N+](=O)[O-])C(=O)Nc1cccc(C(F)(F)F)c1. The number of carbonyl (C=O) groups excluding carboxylic acids is 1. The van der Waals surface area contributed by atoms with Crippen molar-refractivity contribution in [2.24, 2.45) is 0 Å². The predicted molar refractivity (Wildman–Crippen MR) is 83.2 cm³/mol. The van der Waals surface area contributed by atoms with Gasteiger partial charge in [-0.05, 0) is 31.2 Å². The normalized spacial score (nSPS) is 12.3. The Kier molecular flexibility index (Phi) is 5.44. The van der Waals surface area contributed by atoms with E-state index in [0.29, 0.717) is 0 Å². The number of hydrogen-bond donors (Lipinski definition) is 1. The summed E-state index contributed by atoms with van der Waals surface area (Å²) in [5.41, 5.74) is -1.64. The number of nitro groups is 1. The summed E-state index contributed by atoms with van der Waals surface area (Å²) < 4.78 is 56.4. The number of halogens is 4. The Bertz CT molecular complexity index is 839. The van der Waals surface area contributed by atoms with Gasteiger partial charge in [-0.3, -0.25) is 14.9 Å². The zero-order chi connectivity index (χ0) is 19.5. The highest BCUT2D eigenvalue weighted by atomic mass is 19.4. The molecule has 10 heteroatoms. The van der Waals surface area contributed by atoms with E-state index in [4.69, 9.17) is 4.74 Å². The molecule has 0 spiro atoms. The summed E-state index contributed by atoms with van der Waals surface area (Å²) in [7, 11) is 0. The molecular formula is C16H12F4N2O4. The van der Waals surface area contributed by atoms with Crippen LogP contribution in [-0.4, -0.2) is 16.9 Å². The Hall–Kier alpha value is -3.17. The van der Waals surface area contributed by atoms with E-state index in [1.54, 1.807) is 0 Å². The average molecular weight is 372 g/mol. The molecule has 26 heavy (non-hydrogen) atoms. The maximum atomic E-state index is 13.3. The van der Waals surface area contributed by atoms with Crippen LogP contribution in [0.3, 0.4) is 0 Å². The van der Waals surface area contributed by atoms with Crippen LogP contribution in [-0.2, 0) is 11.0 Å². The fraction of sp³-hybridized carbons (Fsp3) is 0.188. The molecule has 1 N–H and O–H groups in total. The lowest BCUT2D eigenvalue weighted by atomic mass is 10.2. The predicted octanol–water partition coefficient (Wildman–Crippen LogP) is 4.16. The Morgan fingerprint density at radius 1 is 1.23 bits per heavy atom. The Labute approximate surface area is 144 Å². The Morgan fingerprint density at radius 3 is 2.54 bits per heavy atom. The molecule has 0 aliphatic heterocycles. The van der Waals surface area contributed by atoms with Gasteiger partial charge in [0, 0.05) is 17.8 Å². The molecule has 0 unspecified atom stereocenters.